The van der Waals surface area contributed by atoms with E-state index >= 15 is 0 Å². The van der Waals surface area contributed by atoms with Crippen molar-refractivity contribution in [2.45, 2.75) is 20.0 Å². The number of nitrogens with one attached hydrogen (secondary N) is 1. The van der Waals surface area contributed by atoms with Gasteiger partial charge in [-0.15, -0.1) is 0 Å². The molecule has 0 aromatic heterocycles. The average Bonchev–Trinajstić information content (AvgIpc) is 2.35. The minimum Gasteiger partial charge on any atom is -0.396 e. The maximum Gasteiger partial charge on any atom is 0.416 e. The Morgan fingerprint density at radius 2 is 1.95 bits per heavy atom. The number of benzene rings is 1. The summed E-state index contributed by atoms with van der Waals surface area (Å²) in [6.07, 6.45) is -4.46. The predicted octanol–water partition coefficient (Wildman–Crippen LogP) is 3.01. The Balaban J connectivity index is 2.96. The number of anilines is 1. The molecule has 0 saturated heterocycles. The average molecular weight is 272 g/mol. The van der Waals surface area contributed by atoms with Gasteiger partial charge in [0.05, 0.1) is 16.8 Å². The third-order valence-electron chi connectivity index (χ3n) is 2.65. The third kappa shape index (κ3) is 4.14. The van der Waals surface area contributed by atoms with Crippen LogP contribution in [0.2, 0.25) is 0 Å². The lowest BCUT2D eigenvalue weighted by atomic mass is 9.94. The molecule has 0 heterocycles. The molecule has 1 aromatic rings. The largest absolute Gasteiger partial charge is 0.416 e. The minimum atomic E-state index is -4.46. The van der Waals surface area contributed by atoms with Crippen LogP contribution in [0.5, 0.6) is 0 Å². The maximum atomic E-state index is 12.5. The molecule has 0 atom stereocenters. The Morgan fingerprint density at radius 3 is 2.42 bits per heavy atom. The summed E-state index contributed by atoms with van der Waals surface area (Å²) in [4.78, 5) is 0. The summed E-state index contributed by atoms with van der Waals surface area (Å²) in [6, 6.07) is 4.71. The molecule has 19 heavy (non-hydrogen) atoms. The SMILES string of the molecule is CC(C)(CO)CNc1ccc(C(F)(F)F)cc1C#N. The summed E-state index contributed by atoms with van der Waals surface area (Å²) >= 11 is 0. The van der Waals surface area contributed by atoms with E-state index < -0.39 is 17.2 Å². The van der Waals surface area contributed by atoms with Crippen LogP contribution in [0.4, 0.5) is 18.9 Å². The van der Waals surface area contributed by atoms with Gasteiger partial charge in [0.25, 0.3) is 0 Å². The van der Waals surface area contributed by atoms with Crippen molar-refractivity contribution in [2.24, 2.45) is 5.41 Å². The zero-order chi connectivity index (χ0) is 14.7. The molecule has 3 nitrogen and oxygen atoms in total. The molecule has 1 rings (SSSR count). The molecule has 0 unspecified atom stereocenters. The molecule has 0 aliphatic heterocycles. The van der Waals surface area contributed by atoms with E-state index in [1.807, 2.05) is 0 Å². The smallest absolute Gasteiger partial charge is 0.396 e. The van der Waals surface area contributed by atoms with E-state index in [9.17, 15) is 13.2 Å². The van der Waals surface area contributed by atoms with Crippen LogP contribution >= 0.6 is 0 Å². The Morgan fingerprint density at radius 1 is 1.32 bits per heavy atom. The van der Waals surface area contributed by atoms with Gasteiger partial charge in [-0.1, -0.05) is 13.8 Å². The highest BCUT2D eigenvalue weighted by Gasteiger charge is 2.31. The number of nitriles is 1. The van der Waals surface area contributed by atoms with E-state index in [4.69, 9.17) is 10.4 Å². The molecule has 0 aliphatic carbocycles. The van der Waals surface area contributed by atoms with E-state index in [1.165, 1.54) is 6.07 Å². The van der Waals surface area contributed by atoms with Gasteiger partial charge in [-0.25, -0.2) is 0 Å². The van der Waals surface area contributed by atoms with Crippen LogP contribution in [-0.4, -0.2) is 18.3 Å². The molecule has 0 amide bonds. The second-order valence-electron chi connectivity index (χ2n) is 5.05. The number of rotatable bonds is 4. The first-order chi connectivity index (χ1) is 8.69. The fourth-order valence-electron chi connectivity index (χ4n) is 1.36. The van der Waals surface area contributed by atoms with Crippen molar-refractivity contribution >= 4 is 5.69 Å². The second kappa shape index (κ2) is 5.49. The highest BCUT2D eigenvalue weighted by Crippen LogP contribution is 2.31. The predicted molar refractivity (Wildman–Crippen MR) is 65.5 cm³/mol. The van der Waals surface area contributed by atoms with Crippen LogP contribution in [0, 0.1) is 16.7 Å². The Kier molecular flexibility index (Phi) is 4.43. The lowest BCUT2D eigenvalue weighted by Gasteiger charge is -2.23. The van der Waals surface area contributed by atoms with Crippen molar-refractivity contribution in [2.75, 3.05) is 18.5 Å². The molecule has 0 fully saturated rings. The molecule has 0 aliphatic rings. The Labute approximate surface area is 109 Å². The molecular formula is C13H15F3N2O. The molecule has 6 heteroatoms. The van der Waals surface area contributed by atoms with E-state index in [0.717, 1.165) is 12.1 Å². The topological polar surface area (TPSA) is 56.0 Å². The van der Waals surface area contributed by atoms with Gasteiger partial charge in [0.2, 0.25) is 0 Å². The summed E-state index contributed by atoms with van der Waals surface area (Å²) in [5, 5.41) is 20.9. The van der Waals surface area contributed by atoms with Gasteiger partial charge in [0.15, 0.2) is 0 Å². The fourth-order valence-corrected chi connectivity index (χ4v) is 1.36. The van der Waals surface area contributed by atoms with Crippen molar-refractivity contribution in [1.29, 1.82) is 5.26 Å². The summed E-state index contributed by atoms with van der Waals surface area (Å²) in [5.74, 6) is 0. The lowest BCUT2D eigenvalue weighted by Crippen LogP contribution is -2.27. The Bertz CT molecular complexity index is 490. The summed E-state index contributed by atoms with van der Waals surface area (Å²) < 4.78 is 37.5. The van der Waals surface area contributed by atoms with Crippen LogP contribution < -0.4 is 5.32 Å². The number of alkyl halides is 3. The quantitative estimate of drug-likeness (QED) is 0.885. The number of hydrogen-bond acceptors (Lipinski definition) is 3. The molecular weight excluding hydrogens is 257 g/mol. The van der Waals surface area contributed by atoms with Crippen LogP contribution in [0.3, 0.4) is 0 Å². The first-order valence-electron chi connectivity index (χ1n) is 5.66. The number of halogens is 3. The van der Waals surface area contributed by atoms with Gasteiger partial charge in [0.1, 0.15) is 6.07 Å². The standard InChI is InChI=1S/C13H15F3N2O/c1-12(2,8-19)7-18-11-4-3-10(13(14,15)16)5-9(11)6-17/h3-5,18-19H,7-8H2,1-2H3. The van der Waals surface area contributed by atoms with Crippen molar-refractivity contribution in [3.8, 4) is 6.07 Å². The second-order valence-corrected chi connectivity index (χ2v) is 5.05. The number of aliphatic hydroxyl groups excluding tert-OH is 1. The molecule has 0 spiro atoms. The van der Waals surface area contributed by atoms with Gasteiger partial charge in [-0.05, 0) is 18.2 Å². The molecule has 1 aromatic carbocycles. The zero-order valence-corrected chi connectivity index (χ0v) is 10.7. The number of hydrogen-bond donors (Lipinski definition) is 2. The van der Waals surface area contributed by atoms with Crippen molar-refractivity contribution < 1.29 is 18.3 Å². The summed E-state index contributed by atoms with van der Waals surface area (Å²) in [6.45, 7) is 3.89. The van der Waals surface area contributed by atoms with E-state index in [-0.39, 0.29) is 12.2 Å². The Hall–Kier alpha value is -1.74. The third-order valence-corrected chi connectivity index (χ3v) is 2.65. The van der Waals surface area contributed by atoms with Gasteiger partial charge in [-0.3, -0.25) is 0 Å². The highest BCUT2D eigenvalue weighted by atomic mass is 19.4. The van der Waals surface area contributed by atoms with Crippen molar-refractivity contribution in [1.82, 2.24) is 0 Å². The van der Waals surface area contributed by atoms with Crippen LogP contribution in [-0.2, 0) is 6.18 Å². The highest BCUT2D eigenvalue weighted by molar-refractivity contribution is 5.59. The van der Waals surface area contributed by atoms with Gasteiger partial charge in [0, 0.05) is 18.6 Å². The minimum absolute atomic E-state index is 0.0661. The monoisotopic (exact) mass is 272 g/mol. The van der Waals surface area contributed by atoms with Crippen LogP contribution in [0.15, 0.2) is 18.2 Å². The van der Waals surface area contributed by atoms with Gasteiger partial charge < -0.3 is 10.4 Å². The fraction of sp³-hybridized carbons (Fsp3) is 0.462. The number of nitrogens with zero attached hydrogens (tertiary/aromatic N) is 1. The van der Waals surface area contributed by atoms with E-state index in [1.54, 1.807) is 19.9 Å². The summed E-state index contributed by atoms with van der Waals surface area (Å²) in [7, 11) is 0. The molecule has 0 saturated carbocycles. The van der Waals surface area contributed by atoms with Crippen LogP contribution in [0.25, 0.3) is 0 Å². The normalized spacial score (nSPS) is 12.1. The van der Waals surface area contributed by atoms with Crippen molar-refractivity contribution in [3.05, 3.63) is 29.3 Å². The summed E-state index contributed by atoms with van der Waals surface area (Å²) in [5.41, 5.74) is -1.01. The number of aliphatic hydroxyl groups is 1. The molecule has 0 bridgehead atoms. The lowest BCUT2D eigenvalue weighted by molar-refractivity contribution is -0.137. The molecule has 2 N–H and O–H groups in total. The van der Waals surface area contributed by atoms with E-state index in [2.05, 4.69) is 5.32 Å². The molecule has 0 radical (unpaired) electrons. The molecule has 104 valence electrons. The maximum absolute atomic E-state index is 12.5. The zero-order valence-electron chi connectivity index (χ0n) is 10.7. The van der Waals surface area contributed by atoms with Gasteiger partial charge in [-0.2, -0.15) is 18.4 Å². The first kappa shape index (κ1) is 15.3. The first-order valence-corrected chi connectivity index (χ1v) is 5.66. The van der Waals surface area contributed by atoms with Gasteiger partial charge >= 0.3 is 6.18 Å². The van der Waals surface area contributed by atoms with E-state index in [0.29, 0.717) is 12.2 Å². The van der Waals surface area contributed by atoms with Crippen LogP contribution in [0.1, 0.15) is 25.0 Å². The van der Waals surface area contributed by atoms with Crippen molar-refractivity contribution in [3.63, 3.8) is 0 Å².